The predicted molar refractivity (Wildman–Crippen MR) is 114 cm³/mol. The Hall–Kier alpha value is -3.08. The van der Waals surface area contributed by atoms with Crippen LogP contribution in [-0.4, -0.2) is 17.9 Å². The average Bonchev–Trinajstić information content (AvgIpc) is 3.12. The number of fused-ring (bicyclic) bond motifs is 1. The van der Waals surface area contributed by atoms with Gasteiger partial charge in [-0.1, -0.05) is 56.3 Å². The van der Waals surface area contributed by atoms with Gasteiger partial charge in [-0.3, -0.25) is 9.59 Å². The summed E-state index contributed by atoms with van der Waals surface area (Å²) in [5, 5.41) is 8.06. The Morgan fingerprint density at radius 1 is 0.931 bits per heavy atom. The molecule has 5 heteroatoms. The summed E-state index contributed by atoms with van der Waals surface area (Å²) in [6.45, 7) is 7.57. The molecule has 5 nitrogen and oxygen atoms in total. The van der Waals surface area contributed by atoms with E-state index in [1.54, 1.807) is 0 Å². The Balaban J connectivity index is 1.63. The van der Waals surface area contributed by atoms with Crippen LogP contribution in [0.4, 0.5) is 0 Å². The molecular weight excluding hydrogens is 364 g/mol. The van der Waals surface area contributed by atoms with Crippen molar-refractivity contribution in [2.45, 2.75) is 46.2 Å². The summed E-state index contributed by atoms with van der Waals surface area (Å²) in [5.74, 6) is 1.07. The molecule has 2 N–H and O–H groups in total. The molecular formula is C24H28N2O3. The minimum absolute atomic E-state index is 0.0407. The lowest BCUT2D eigenvalue weighted by Gasteiger charge is -2.23. The van der Waals surface area contributed by atoms with Crippen molar-refractivity contribution in [2.75, 3.05) is 0 Å². The SMILES string of the molecule is Cc1ccc(C(C)NC(=O)C(NC(=O)Cc2ccc3ccccc3c2)C(C)C)o1. The second-order valence-corrected chi connectivity index (χ2v) is 7.83. The molecule has 3 rings (SSSR count). The molecule has 0 aliphatic carbocycles. The molecule has 29 heavy (non-hydrogen) atoms. The Bertz CT molecular complexity index is 1010. The highest BCUT2D eigenvalue weighted by molar-refractivity contribution is 5.89. The third-order valence-electron chi connectivity index (χ3n) is 4.99. The number of hydrogen-bond donors (Lipinski definition) is 2. The molecule has 2 atom stereocenters. The third-order valence-corrected chi connectivity index (χ3v) is 4.99. The quantitative estimate of drug-likeness (QED) is 0.630. The van der Waals surface area contributed by atoms with Crippen molar-refractivity contribution in [3.63, 3.8) is 0 Å². The van der Waals surface area contributed by atoms with Crippen molar-refractivity contribution in [3.8, 4) is 0 Å². The van der Waals surface area contributed by atoms with Gasteiger partial charge in [0.2, 0.25) is 11.8 Å². The van der Waals surface area contributed by atoms with Gasteiger partial charge in [-0.2, -0.15) is 0 Å². The van der Waals surface area contributed by atoms with E-state index in [2.05, 4.69) is 10.6 Å². The van der Waals surface area contributed by atoms with Gasteiger partial charge in [-0.15, -0.1) is 0 Å². The van der Waals surface area contributed by atoms with Gasteiger partial charge in [-0.05, 0) is 48.2 Å². The van der Waals surface area contributed by atoms with Crippen LogP contribution in [0.3, 0.4) is 0 Å². The highest BCUT2D eigenvalue weighted by atomic mass is 16.3. The molecule has 0 radical (unpaired) electrons. The number of aryl methyl sites for hydroxylation is 1. The summed E-state index contributed by atoms with van der Waals surface area (Å²) in [4.78, 5) is 25.4. The lowest BCUT2D eigenvalue weighted by molar-refractivity contribution is -0.130. The number of benzene rings is 2. The Morgan fingerprint density at radius 2 is 1.66 bits per heavy atom. The van der Waals surface area contributed by atoms with E-state index in [1.807, 2.05) is 82.3 Å². The number of furan rings is 1. The van der Waals surface area contributed by atoms with E-state index in [0.717, 1.165) is 22.1 Å². The van der Waals surface area contributed by atoms with E-state index >= 15 is 0 Å². The zero-order chi connectivity index (χ0) is 21.0. The minimum Gasteiger partial charge on any atom is -0.464 e. The maximum atomic E-state index is 12.8. The smallest absolute Gasteiger partial charge is 0.243 e. The first-order valence-corrected chi connectivity index (χ1v) is 9.97. The molecule has 2 amide bonds. The van der Waals surface area contributed by atoms with E-state index < -0.39 is 6.04 Å². The van der Waals surface area contributed by atoms with Crippen molar-refractivity contribution in [1.29, 1.82) is 0 Å². The third kappa shape index (κ3) is 5.25. The number of carbonyl (C=O) groups excluding carboxylic acids is 2. The van der Waals surface area contributed by atoms with E-state index in [9.17, 15) is 9.59 Å². The second kappa shape index (κ2) is 8.95. The normalized spacial score (nSPS) is 13.3. The topological polar surface area (TPSA) is 71.3 Å². The van der Waals surface area contributed by atoms with Gasteiger partial charge in [0, 0.05) is 0 Å². The summed E-state index contributed by atoms with van der Waals surface area (Å²) < 4.78 is 5.58. The summed E-state index contributed by atoms with van der Waals surface area (Å²) in [5.41, 5.74) is 0.920. The van der Waals surface area contributed by atoms with Crippen LogP contribution in [0.15, 0.2) is 59.0 Å². The monoisotopic (exact) mass is 392 g/mol. The fourth-order valence-corrected chi connectivity index (χ4v) is 3.35. The molecule has 0 saturated carbocycles. The van der Waals surface area contributed by atoms with Crippen LogP contribution in [0.1, 0.15) is 43.9 Å². The zero-order valence-electron chi connectivity index (χ0n) is 17.4. The Kier molecular flexibility index (Phi) is 6.37. The molecule has 2 unspecified atom stereocenters. The maximum absolute atomic E-state index is 12.8. The van der Waals surface area contributed by atoms with Gasteiger partial charge in [0.15, 0.2) is 0 Å². The molecule has 0 aliphatic heterocycles. The van der Waals surface area contributed by atoms with Gasteiger partial charge >= 0.3 is 0 Å². The fourth-order valence-electron chi connectivity index (χ4n) is 3.35. The summed E-state index contributed by atoms with van der Waals surface area (Å²) in [7, 11) is 0. The van der Waals surface area contributed by atoms with Crippen LogP contribution in [0.2, 0.25) is 0 Å². The molecule has 0 saturated heterocycles. The maximum Gasteiger partial charge on any atom is 0.243 e. The van der Waals surface area contributed by atoms with Crippen molar-refractivity contribution in [3.05, 3.63) is 71.7 Å². The molecule has 1 heterocycles. The van der Waals surface area contributed by atoms with Crippen LogP contribution >= 0.6 is 0 Å². The van der Waals surface area contributed by atoms with Crippen LogP contribution in [0.25, 0.3) is 10.8 Å². The van der Waals surface area contributed by atoms with Crippen molar-refractivity contribution in [2.24, 2.45) is 5.92 Å². The summed E-state index contributed by atoms with van der Waals surface area (Å²) in [6.07, 6.45) is 0.230. The van der Waals surface area contributed by atoms with Crippen LogP contribution < -0.4 is 10.6 Å². The van der Waals surface area contributed by atoms with E-state index in [-0.39, 0.29) is 30.2 Å². The van der Waals surface area contributed by atoms with Gasteiger partial charge in [-0.25, -0.2) is 0 Å². The van der Waals surface area contributed by atoms with Crippen LogP contribution in [-0.2, 0) is 16.0 Å². The first-order valence-electron chi connectivity index (χ1n) is 9.97. The lowest BCUT2D eigenvalue weighted by Crippen LogP contribution is -2.50. The van der Waals surface area contributed by atoms with Gasteiger partial charge < -0.3 is 15.1 Å². The molecule has 0 spiro atoms. The van der Waals surface area contributed by atoms with Gasteiger partial charge in [0.25, 0.3) is 0 Å². The van der Waals surface area contributed by atoms with Crippen LogP contribution in [0, 0.1) is 12.8 Å². The number of carbonyl (C=O) groups is 2. The average molecular weight is 392 g/mol. The second-order valence-electron chi connectivity index (χ2n) is 7.83. The molecule has 0 fully saturated rings. The molecule has 0 aliphatic rings. The zero-order valence-corrected chi connectivity index (χ0v) is 17.4. The predicted octanol–water partition coefficient (Wildman–Crippen LogP) is 4.30. The first kappa shape index (κ1) is 20.6. The van der Waals surface area contributed by atoms with E-state index in [1.165, 1.54) is 0 Å². The van der Waals surface area contributed by atoms with Gasteiger partial charge in [0.05, 0.1) is 12.5 Å². The largest absolute Gasteiger partial charge is 0.464 e. The van der Waals surface area contributed by atoms with Gasteiger partial charge in [0.1, 0.15) is 17.6 Å². The lowest BCUT2D eigenvalue weighted by atomic mass is 10.0. The first-order chi connectivity index (χ1) is 13.8. The molecule has 0 bridgehead atoms. The van der Waals surface area contributed by atoms with Crippen molar-refractivity contribution >= 4 is 22.6 Å². The summed E-state index contributed by atoms with van der Waals surface area (Å²) >= 11 is 0. The number of hydrogen-bond acceptors (Lipinski definition) is 3. The number of amides is 2. The molecule has 152 valence electrons. The van der Waals surface area contributed by atoms with Crippen molar-refractivity contribution < 1.29 is 14.0 Å². The minimum atomic E-state index is -0.610. The fraction of sp³-hybridized carbons (Fsp3) is 0.333. The molecule has 1 aromatic heterocycles. The standard InChI is InChI=1S/C24H28N2O3/c1-15(2)23(24(28)25-17(4)21-12-9-16(3)29-21)26-22(27)14-18-10-11-19-7-5-6-8-20(19)13-18/h5-13,15,17,23H,14H2,1-4H3,(H,25,28)(H,26,27). The number of nitrogens with one attached hydrogen (secondary N) is 2. The summed E-state index contributed by atoms with van der Waals surface area (Å²) in [6, 6.07) is 16.9. The highest BCUT2D eigenvalue weighted by Gasteiger charge is 2.26. The van der Waals surface area contributed by atoms with E-state index in [4.69, 9.17) is 4.42 Å². The Labute approximate surface area is 171 Å². The number of rotatable bonds is 7. The molecule has 2 aromatic carbocycles. The van der Waals surface area contributed by atoms with E-state index in [0.29, 0.717) is 5.76 Å². The molecule has 3 aromatic rings. The Morgan fingerprint density at radius 3 is 2.31 bits per heavy atom. The van der Waals surface area contributed by atoms with Crippen LogP contribution in [0.5, 0.6) is 0 Å². The van der Waals surface area contributed by atoms with Crippen molar-refractivity contribution in [1.82, 2.24) is 10.6 Å². The highest BCUT2D eigenvalue weighted by Crippen LogP contribution is 2.17.